The number of nitrogens with one attached hydrogen (secondary N) is 1. The molecular formula is C20H19ClF4N6O2. The van der Waals surface area contributed by atoms with E-state index in [1.165, 1.54) is 18.4 Å². The van der Waals surface area contributed by atoms with Gasteiger partial charge < -0.3 is 15.5 Å². The van der Waals surface area contributed by atoms with E-state index in [0.717, 1.165) is 17.1 Å². The number of rotatable bonds is 2. The summed E-state index contributed by atoms with van der Waals surface area (Å²) in [5.74, 6) is -0.902. The molecule has 0 radical (unpaired) electrons. The van der Waals surface area contributed by atoms with Gasteiger partial charge in [0.15, 0.2) is 12.0 Å². The van der Waals surface area contributed by atoms with Gasteiger partial charge in [0.2, 0.25) is 5.96 Å². The average molecular weight is 487 g/mol. The predicted octanol–water partition coefficient (Wildman–Crippen LogP) is 2.55. The molecule has 2 atom stereocenters. The molecule has 0 fully saturated rings. The normalized spacial score (nSPS) is 26.1. The lowest BCUT2D eigenvalue weighted by Crippen LogP contribution is -2.37. The molecule has 33 heavy (non-hydrogen) atoms. The van der Waals surface area contributed by atoms with Gasteiger partial charge in [0.1, 0.15) is 18.0 Å². The third kappa shape index (κ3) is 5.23. The molecular weight excluding hydrogens is 468 g/mol. The SMILES string of the molecule is OC(O)C1C=NC/C(=C2/CN=C(NC3C=C(Cl)C(F)=CC3)N=C2n2cnc(C(F)(F)F)c2)C1. The number of allylic oxidation sites excluding steroid dienone is 2. The summed E-state index contributed by atoms with van der Waals surface area (Å²) in [5.41, 5.74) is 0.0989. The third-order valence-corrected chi connectivity index (χ3v) is 5.60. The zero-order valence-corrected chi connectivity index (χ0v) is 17.7. The van der Waals surface area contributed by atoms with Crippen LogP contribution in [0.5, 0.6) is 0 Å². The van der Waals surface area contributed by atoms with Crippen molar-refractivity contribution in [2.24, 2.45) is 20.9 Å². The summed E-state index contributed by atoms with van der Waals surface area (Å²) in [4.78, 5) is 16.3. The van der Waals surface area contributed by atoms with Crippen molar-refractivity contribution >= 4 is 29.6 Å². The number of alkyl halides is 3. The maximum atomic E-state index is 13.5. The minimum atomic E-state index is -4.63. The quantitative estimate of drug-likeness (QED) is 0.441. The van der Waals surface area contributed by atoms with Crippen LogP contribution in [0.1, 0.15) is 18.5 Å². The molecule has 3 N–H and O–H groups in total. The summed E-state index contributed by atoms with van der Waals surface area (Å²) < 4.78 is 54.0. The molecule has 0 saturated carbocycles. The van der Waals surface area contributed by atoms with Crippen LogP contribution in [0.4, 0.5) is 17.6 Å². The molecule has 13 heteroatoms. The molecule has 3 heterocycles. The smallest absolute Gasteiger partial charge is 0.368 e. The average Bonchev–Trinajstić information content (AvgIpc) is 3.27. The molecule has 8 nitrogen and oxygen atoms in total. The summed E-state index contributed by atoms with van der Waals surface area (Å²) in [6.07, 6.45) is 0.300. The number of halogens is 5. The van der Waals surface area contributed by atoms with Gasteiger partial charge in [-0.2, -0.15) is 18.2 Å². The maximum absolute atomic E-state index is 13.5. The third-order valence-electron chi connectivity index (χ3n) is 5.30. The van der Waals surface area contributed by atoms with Crippen LogP contribution in [0, 0.1) is 5.92 Å². The van der Waals surface area contributed by atoms with E-state index < -0.39 is 35.9 Å². The Balaban J connectivity index is 1.68. The Morgan fingerprint density at radius 3 is 2.70 bits per heavy atom. The maximum Gasteiger partial charge on any atom is 0.434 e. The molecule has 3 aliphatic rings. The van der Waals surface area contributed by atoms with Crippen molar-refractivity contribution in [2.75, 3.05) is 13.1 Å². The Hall–Kier alpha value is -2.83. The fourth-order valence-corrected chi connectivity index (χ4v) is 3.82. The van der Waals surface area contributed by atoms with E-state index in [4.69, 9.17) is 11.6 Å². The summed E-state index contributed by atoms with van der Waals surface area (Å²) in [6, 6.07) is -0.406. The first-order valence-electron chi connectivity index (χ1n) is 9.93. The van der Waals surface area contributed by atoms with E-state index in [9.17, 15) is 27.8 Å². The zero-order chi connectivity index (χ0) is 23.8. The van der Waals surface area contributed by atoms with Crippen LogP contribution in [0.3, 0.4) is 0 Å². The van der Waals surface area contributed by atoms with Crippen LogP contribution in [0.25, 0.3) is 0 Å². The Morgan fingerprint density at radius 1 is 1.24 bits per heavy atom. The van der Waals surface area contributed by atoms with Crippen LogP contribution in [-0.2, 0) is 6.18 Å². The lowest BCUT2D eigenvalue weighted by Gasteiger charge is -2.26. The number of imidazole rings is 1. The molecule has 0 spiro atoms. The van der Waals surface area contributed by atoms with E-state index in [1.807, 2.05) is 0 Å². The lowest BCUT2D eigenvalue weighted by molar-refractivity contribution is -0.140. The molecule has 4 rings (SSSR count). The van der Waals surface area contributed by atoms with Crippen molar-refractivity contribution in [3.8, 4) is 0 Å². The van der Waals surface area contributed by atoms with Crippen LogP contribution in [0.2, 0.25) is 0 Å². The number of guanidine groups is 1. The second-order valence-corrected chi connectivity index (χ2v) is 8.05. The van der Waals surface area contributed by atoms with Crippen LogP contribution < -0.4 is 5.32 Å². The molecule has 0 saturated heterocycles. The minimum Gasteiger partial charge on any atom is -0.368 e. The number of hydrogen-bond acceptors (Lipinski definition) is 7. The van der Waals surface area contributed by atoms with Gasteiger partial charge in [0, 0.05) is 23.9 Å². The van der Waals surface area contributed by atoms with Gasteiger partial charge in [-0.3, -0.25) is 9.56 Å². The number of nitrogens with zero attached hydrogens (tertiary/aromatic N) is 5. The fraction of sp³-hybridized carbons (Fsp3) is 0.400. The predicted molar refractivity (Wildman–Crippen MR) is 114 cm³/mol. The summed E-state index contributed by atoms with van der Waals surface area (Å²) in [6.45, 7) is 0.288. The van der Waals surface area contributed by atoms with E-state index in [-0.39, 0.29) is 42.8 Å². The van der Waals surface area contributed by atoms with E-state index in [0.29, 0.717) is 11.1 Å². The van der Waals surface area contributed by atoms with Crippen molar-refractivity contribution in [1.82, 2.24) is 14.9 Å². The van der Waals surface area contributed by atoms with Gasteiger partial charge in [0.05, 0.1) is 24.2 Å². The Bertz CT molecular complexity index is 1120. The van der Waals surface area contributed by atoms with Crippen molar-refractivity contribution in [3.05, 3.63) is 52.4 Å². The highest BCUT2D eigenvalue weighted by Crippen LogP contribution is 2.29. The second-order valence-electron chi connectivity index (χ2n) is 7.65. The molecule has 0 bridgehead atoms. The highest BCUT2D eigenvalue weighted by Gasteiger charge is 2.34. The molecule has 1 aromatic heterocycles. The fourth-order valence-electron chi connectivity index (χ4n) is 3.59. The first-order valence-corrected chi connectivity index (χ1v) is 10.3. The van der Waals surface area contributed by atoms with Crippen molar-refractivity contribution in [2.45, 2.75) is 31.3 Å². The molecule has 0 aromatic carbocycles. The minimum absolute atomic E-state index is 0.0553. The van der Waals surface area contributed by atoms with Gasteiger partial charge in [-0.25, -0.2) is 14.4 Å². The standard InChI is InChI=1S/C20H19ClF4N6O2/c21-14-4-12(1-2-15(14)22)29-19-27-7-13(10-3-11(18(32)33)6-26-5-10)17(30-19)31-8-16(28-9-31)20(23,24)25/h2,4,6,8-9,11-12,18,32-33H,1,3,5,7H2,(H,27,29)/b13-10-. The summed E-state index contributed by atoms with van der Waals surface area (Å²) in [7, 11) is 0. The Kier molecular flexibility index (Phi) is 6.50. The number of hydrogen-bond donors (Lipinski definition) is 3. The van der Waals surface area contributed by atoms with E-state index in [2.05, 4.69) is 25.3 Å². The first kappa shape index (κ1) is 23.3. The summed E-state index contributed by atoms with van der Waals surface area (Å²) >= 11 is 5.83. The highest BCUT2D eigenvalue weighted by molar-refractivity contribution is 6.31. The van der Waals surface area contributed by atoms with Gasteiger partial charge >= 0.3 is 6.18 Å². The second kappa shape index (κ2) is 9.20. The highest BCUT2D eigenvalue weighted by atomic mass is 35.5. The molecule has 2 unspecified atom stereocenters. The van der Waals surface area contributed by atoms with Crippen LogP contribution >= 0.6 is 11.6 Å². The van der Waals surface area contributed by atoms with E-state index >= 15 is 0 Å². The Morgan fingerprint density at radius 2 is 2.03 bits per heavy atom. The lowest BCUT2D eigenvalue weighted by atomic mass is 9.92. The first-order chi connectivity index (χ1) is 15.6. The number of aliphatic hydroxyl groups is 2. The van der Waals surface area contributed by atoms with Gasteiger partial charge in [-0.05, 0) is 30.6 Å². The summed E-state index contributed by atoms with van der Waals surface area (Å²) in [5, 5.41) is 22.0. The molecule has 176 valence electrons. The Labute approximate surface area is 190 Å². The number of aliphatic imine (C=N–C) groups is 3. The molecule has 2 aliphatic heterocycles. The van der Waals surface area contributed by atoms with Gasteiger partial charge in [-0.1, -0.05) is 11.6 Å². The monoisotopic (exact) mass is 486 g/mol. The zero-order valence-electron chi connectivity index (χ0n) is 17.0. The van der Waals surface area contributed by atoms with Crippen molar-refractivity contribution in [1.29, 1.82) is 0 Å². The van der Waals surface area contributed by atoms with Gasteiger partial charge in [-0.15, -0.1) is 0 Å². The van der Waals surface area contributed by atoms with Gasteiger partial charge in [0.25, 0.3) is 0 Å². The van der Waals surface area contributed by atoms with Crippen LogP contribution in [0.15, 0.2) is 61.7 Å². The topological polar surface area (TPSA) is 107 Å². The molecule has 0 amide bonds. The molecule has 1 aliphatic carbocycles. The molecule has 1 aromatic rings. The largest absolute Gasteiger partial charge is 0.434 e. The number of aliphatic hydroxyl groups excluding tert-OH is 1. The van der Waals surface area contributed by atoms with Crippen molar-refractivity contribution < 1.29 is 27.8 Å². The van der Waals surface area contributed by atoms with Crippen molar-refractivity contribution in [3.63, 3.8) is 0 Å². The number of aromatic nitrogens is 2. The van der Waals surface area contributed by atoms with Crippen LogP contribution in [-0.4, -0.2) is 63.2 Å². The van der Waals surface area contributed by atoms with E-state index in [1.54, 1.807) is 0 Å².